The van der Waals surface area contributed by atoms with E-state index in [2.05, 4.69) is 35.1 Å². The van der Waals surface area contributed by atoms with Crippen molar-refractivity contribution < 1.29 is 19.4 Å². The predicted molar refractivity (Wildman–Crippen MR) is 149 cm³/mol. The van der Waals surface area contributed by atoms with Crippen molar-refractivity contribution in [1.29, 1.82) is 0 Å². The number of fused-ring (bicyclic) bond motifs is 3. The Morgan fingerprint density at radius 3 is 2.05 bits per heavy atom. The zero-order chi connectivity index (χ0) is 27.0. The Bertz CT molecular complexity index is 1420. The Labute approximate surface area is 223 Å². The number of amides is 1. The average molecular weight is 509 g/mol. The number of aliphatic carboxylic acids is 1. The largest absolute Gasteiger partial charge is 0.481 e. The van der Waals surface area contributed by atoms with Crippen LogP contribution < -0.4 is 4.90 Å². The van der Waals surface area contributed by atoms with Gasteiger partial charge in [0, 0.05) is 43.3 Å². The molecule has 0 spiro atoms. The lowest BCUT2D eigenvalue weighted by molar-refractivity contribution is -0.136. The molecule has 194 valence electrons. The molecule has 0 aromatic heterocycles. The van der Waals surface area contributed by atoms with Crippen molar-refractivity contribution in [2.24, 2.45) is 0 Å². The summed E-state index contributed by atoms with van der Waals surface area (Å²) in [5, 5.41) is 9.46. The molecule has 3 aromatic carbocycles. The van der Waals surface area contributed by atoms with E-state index in [9.17, 15) is 14.7 Å². The molecule has 38 heavy (non-hydrogen) atoms. The second-order valence-electron chi connectivity index (χ2n) is 10.1. The van der Waals surface area contributed by atoms with Crippen molar-refractivity contribution in [2.45, 2.75) is 33.1 Å². The van der Waals surface area contributed by atoms with Gasteiger partial charge in [0.2, 0.25) is 0 Å². The molecule has 3 aromatic rings. The third-order valence-corrected chi connectivity index (χ3v) is 8.03. The molecule has 2 aliphatic rings. The maximum atomic E-state index is 13.1. The molecule has 0 unspecified atom stereocenters. The van der Waals surface area contributed by atoms with Gasteiger partial charge in [-0.1, -0.05) is 54.5 Å². The topological polar surface area (TPSA) is 70.1 Å². The highest BCUT2D eigenvalue weighted by atomic mass is 16.6. The summed E-state index contributed by atoms with van der Waals surface area (Å²) >= 11 is 0. The molecule has 0 atom stereocenters. The summed E-state index contributed by atoms with van der Waals surface area (Å²) in [5.74, 6) is 1.91. The molecule has 1 aliphatic heterocycles. The number of anilines is 1. The van der Waals surface area contributed by atoms with Gasteiger partial charge in [0.1, 0.15) is 6.61 Å². The van der Waals surface area contributed by atoms with Crippen LogP contribution in [0.5, 0.6) is 0 Å². The van der Waals surface area contributed by atoms with Crippen LogP contribution in [0.2, 0.25) is 0 Å². The molecule has 1 saturated heterocycles. The molecule has 6 heteroatoms. The molecule has 1 amide bonds. The maximum Gasteiger partial charge on any atom is 0.409 e. The molecule has 1 aliphatic carbocycles. The van der Waals surface area contributed by atoms with Gasteiger partial charge >= 0.3 is 12.1 Å². The third-order valence-electron chi connectivity index (χ3n) is 8.03. The lowest BCUT2D eigenvalue weighted by atomic mass is 9.89. The summed E-state index contributed by atoms with van der Waals surface area (Å²) in [6.07, 6.45) is 5.44. The number of hydrogen-bond donors (Lipinski definition) is 1. The number of carbonyl (C=O) groups excluding carboxylic acids is 1. The first-order chi connectivity index (χ1) is 18.3. The minimum Gasteiger partial charge on any atom is -0.481 e. The number of rotatable bonds is 5. The maximum absolute atomic E-state index is 13.1. The summed E-state index contributed by atoms with van der Waals surface area (Å²) in [6, 6.07) is 16.6. The fraction of sp³-hybridized carbons (Fsp3) is 0.312. The van der Waals surface area contributed by atoms with Crippen molar-refractivity contribution in [3.05, 3.63) is 87.5 Å². The van der Waals surface area contributed by atoms with Gasteiger partial charge in [-0.2, -0.15) is 0 Å². The first kappa shape index (κ1) is 25.4. The lowest BCUT2D eigenvalue weighted by Crippen LogP contribution is -2.49. The summed E-state index contributed by atoms with van der Waals surface area (Å²) in [6.45, 7) is 8.42. The Morgan fingerprint density at radius 1 is 0.921 bits per heavy atom. The van der Waals surface area contributed by atoms with Crippen molar-refractivity contribution in [2.75, 3.05) is 37.7 Å². The predicted octanol–water partition coefficient (Wildman–Crippen LogP) is 5.29. The highest BCUT2D eigenvalue weighted by molar-refractivity contribution is 5.79. The van der Waals surface area contributed by atoms with Crippen molar-refractivity contribution in [3.8, 4) is 23.5 Å². The normalized spacial score (nSPS) is 14.6. The second kappa shape index (κ2) is 10.3. The monoisotopic (exact) mass is 508 g/mol. The zero-order valence-corrected chi connectivity index (χ0v) is 22.1. The number of ether oxygens (including phenoxy) is 1. The highest BCUT2D eigenvalue weighted by Gasteiger charge is 2.31. The van der Waals surface area contributed by atoms with E-state index < -0.39 is 5.97 Å². The van der Waals surface area contributed by atoms with E-state index in [0.29, 0.717) is 32.8 Å². The molecule has 6 nitrogen and oxygen atoms in total. The van der Waals surface area contributed by atoms with Crippen LogP contribution in [0.3, 0.4) is 0 Å². The summed E-state index contributed by atoms with van der Waals surface area (Å²) in [7, 11) is 0. The SMILES string of the molecule is C#Cc1c(C)c(CC(=O)O)c(C)c(N2CCN(C(=O)OCC3c4ccccc4-c4ccccc43)CC2)c1C. The smallest absolute Gasteiger partial charge is 0.409 e. The van der Waals surface area contributed by atoms with E-state index in [1.807, 2.05) is 45.0 Å². The van der Waals surface area contributed by atoms with Crippen LogP contribution in [0.25, 0.3) is 11.1 Å². The number of carboxylic acid groups (broad SMARTS) is 1. The highest BCUT2D eigenvalue weighted by Crippen LogP contribution is 2.44. The Kier molecular flexibility index (Phi) is 6.86. The fourth-order valence-corrected chi connectivity index (χ4v) is 6.16. The van der Waals surface area contributed by atoms with Gasteiger partial charge < -0.3 is 19.6 Å². The quantitative estimate of drug-likeness (QED) is 0.474. The minimum atomic E-state index is -0.881. The van der Waals surface area contributed by atoms with Crippen LogP contribution in [0, 0.1) is 33.1 Å². The number of hydrogen-bond acceptors (Lipinski definition) is 4. The van der Waals surface area contributed by atoms with E-state index in [1.54, 1.807) is 4.90 Å². The lowest BCUT2D eigenvalue weighted by Gasteiger charge is -2.38. The number of terminal acetylenes is 1. The summed E-state index contributed by atoms with van der Waals surface area (Å²) < 4.78 is 5.86. The molecular formula is C32H32N2O4. The van der Waals surface area contributed by atoms with Gasteiger partial charge in [0.05, 0.1) is 6.42 Å². The number of nitrogens with zero attached hydrogens (tertiary/aromatic N) is 2. The molecule has 0 radical (unpaired) electrons. The Morgan fingerprint density at radius 2 is 1.50 bits per heavy atom. The molecular weight excluding hydrogens is 476 g/mol. The van der Waals surface area contributed by atoms with E-state index >= 15 is 0 Å². The van der Waals surface area contributed by atoms with Crippen LogP contribution >= 0.6 is 0 Å². The Hall–Kier alpha value is -4.24. The van der Waals surface area contributed by atoms with Crippen LogP contribution in [-0.4, -0.2) is 54.9 Å². The standard InChI is InChI=1S/C32H32N2O4/c1-5-23-20(2)28(18-30(35)36)22(4)31(21(23)3)33-14-16-34(17-15-33)32(37)38-19-29-26-12-8-6-10-24(26)25-11-7-9-13-27(25)29/h1,6-13,29H,14-19H2,2-4H3,(H,35,36). The Balaban J connectivity index is 1.28. The van der Waals surface area contributed by atoms with Gasteiger partial charge in [-0.25, -0.2) is 4.79 Å². The van der Waals surface area contributed by atoms with E-state index in [0.717, 1.165) is 33.5 Å². The average Bonchev–Trinajstić information content (AvgIpc) is 3.24. The van der Waals surface area contributed by atoms with Crippen LogP contribution in [0.4, 0.5) is 10.5 Å². The first-order valence-corrected chi connectivity index (χ1v) is 13.0. The van der Waals surface area contributed by atoms with Crippen LogP contribution in [0.15, 0.2) is 48.5 Å². The van der Waals surface area contributed by atoms with Crippen molar-refractivity contribution >= 4 is 17.7 Å². The van der Waals surface area contributed by atoms with Crippen molar-refractivity contribution in [3.63, 3.8) is 0 Å². The van der Waals surface area contributed by atoms with Gasteiger partial charge in [0.25, 0.3) is 0 Å². The third kappa shape index (κ3) is 4.39. The van der Waals surface area contributed by atoms with Crippen LogP contribution in [0.1, 0.15) is 44.9 Å². The molecule has 1 fully saturated rings. The first-order valence-electron chi connectivity index (χ1n) is 13.0. The fourth-order valence-electron chi connectivity index (χ4n) is 6.16. The number of carbonyl (C=O) groups is 2. The molecule has 0 saturated carbocycles. The van der Waals surface area contributed by atoms with E-state index in [4.69, 9.17) is 11.2 Å². The number of benzene rings is 3. The molecule has 1 heterocycles. The molecule has 5 rings (SSSR count). The zero-order valence-electron chi connectivity index (χ0n) is 22.1. The van der Waals surface area contributed by atoms with Gasteiger partial charge in [-0.15, -0.1) is 6.42 Å². The van der Waals surface area contributed by atoms with E-state index in [1.165, 1.54) is 22.3 Å². The summed E-state index contributed by atoms with van der Waals surface area (Å²) in [5.41, 5.74) is 10.1. The number of carboxylic acids is 1. The molecule has 0 bridgehead atoms. The summed E-state index contributed by atoms with van der Waals surface area (Å²) in [4.78, 5) is 28.6. The van der Waals surface area contributed by atoms with Gasteiger partial charge in [-0.3, -0.25) is 4.79 Å². The van der Waals surface area contributed by atoms with Crippen LogP contribution in [-0.2, 0) is 16.0 Å². The minimum absolute atomic E-state index is 0.0281. The molecule has 1 N–H and O–H groups in total. The van der Waals surface area contributed by atoms with Crippen molar-refractivity contribution in [1.82, 2.24) is 4.90 Å². The van der Waals surface area contributed by atoms with Gasteiger partial charge in [0.15, 0.2) is 0 Å². The van der Waals surface area contributed by atoms with E-state index in [-0.39, 0.29) is 18.4 Å². The van der Waals surface area contributed by atoms with Gasteiger partial charge in [-0.05, 0) is 65.3 Å². The second-order valence-corrected chi connectivity index (χ2v) is 10.1. The number of piperazine rings is 1.